The van der Waals surface area contributed by atoms with E-state index in [1.807, 2.05) is 6.92 Å². The molecule has 0 aliphatic heterocycles. The molecule has 1 amide bonds. The molecule has 0 saturated heterocycles. The van der Waals surface area contributed by atoms with Gasteiger partial charge in [0.25, 0.3) is 5.91 Å². The fourth-order valence-corrected chi connectivity index (χ4v) is 1.99. The smallest absolute Gasteiger partial charge is 0.271 e. The van der Waals surface area contributed by atoms with Gasteiger partial charge in [0, 0.05) is 18.3 Å². The van der Waals surface area contributed by atoms with E-state index < -0.39 is 23.6 Å². The number of aliphatic hydroxyl groups is 1. The molecule has 1 unspecified atom stereocenters. The first-order valence-electron chi connectivity index (χ1n) is 7.58. The van der Waals surface area contributed by atoms with Gasteiger partial charge in [0.05, 0.1) is 0 Å². The number of rotatable bonds is 8. The highest BCUT2D eigenvalue weighted by atomic mass is 19.2. The Morgan fingerprint density at radius 2 is 2.17 bits per heavy atom. The van der Waals surface area contributed by atoms with E-state index in [0.717, 1.165) is 30.7 Å². The van der Waals surface area contributed by atoms with Gasteiger partial charge in [-0.3, -0.25) is 9.89 Å². The Bertz CT molecular complexity index is 691. The number of aromatic nitrogens is 2. The van der Waals surface area contributed by atoms with Crippen LogP contribution in [0.25, 0.3) is 0 Å². The summed E-state index contributed by atoms with van der Waals surface area (Å²) in [5.41, 5.74) is 1.11. The summed E-state index contributed by atoms with van der Waals surface area (Å²) in [7, 11) is 0. The molecular weight excluding hydrogens is 320 g/mol. The number of hydrogen-bond donors (Lipinski definition) is 3. The molecule has 1 atom stereocenters. The number of nitrogens with zero attached hydrogens (tertiary/aromatic N) is 1. The van der Waals surface area contributed by atoms with Gasteiger partial charge in [0.1, 0.15) is 24.2 Å². The summed E-state index contributed by atoms with van der Waals surface area (Å²) in [5, 5.41) is 19.0. The maximum atomic E-state index is 13.0. The molecule has 0 aliphatic carbocycles. The second-order valence-electron chi connectivity index (χ2n) is 5.28. The van der Waals surface area contributed by atoms with E-state index >= 15 is 0 Å². The summed E-state index contributed by atoms with van der Waals surface area (Å²) in [4.78, 5) is 11.9. The van der Waals surface area contributed by atoms with Crippen LogP contribution in [-0.4, -0.2) is 40.5 Å². The number of carbonyl (C=O) groups is 1. The SMILES string of the molecule is CCCc1cc(C(=O)NCC(O)COc2ccc(F)c(F)c2)n[nH]1. The maximum absolute atomic E-state index is 13.0. The molecule has 0 bridgehead atoms. The fraction of sp³-hybridized carbons (Fsp3) is 0.375. The lowest BCUT2D eigenvalue weighted by Gasteiger charge is -2.13. The summed E-state index contributed by atoms with van der Waals surface area (Å²) < 4.78 is 30.9. The second kappa shape index (κ2) is 8.39. The minimum absolute atomic E-state index is 0.0571. The highest BCUT2D eigenvalue weighted by Gasteiger charge is 2.13. The topological polar surface area (TPSA) is 87.2 Å². The zero-order chi connectivity index (χ0) is 17.5. The number of benzene rings is 1. The van der Waals surface area contributed by atoms with Crippen LogP contribution >= 0.6 is 0 Å². The molecule has 2 aromatic rings. The largest absolute Gasteiger partial charge is 0.491 e. The summed E-state index contributed by atoms with van der Waals surface area (Å²) in [5.74, 6) is -2.33. The van der Waals surface area contributed by atoms with Crippen molar-refractivity contribution in [1.82, 2.24) is 15.5 Å². The molecule has 0 spiro atoms. The first kappa shape index (κ1) is 17.9. The zero-order valence-electron chi connectivity index (χ0n) is 13.2. The predicted molar refractivity (Wildman–Crippen MR) is 82.8 cm³/mol. The highest BCUT2D eigenvalue weighted by molar-refractivity contribution is 5.92. The van der Waals surface area contributed by atoms with E-state index in [9.17, 15) is 18.7 Å². The number of ether oxygens (including phenoxy) is 1. The zero-order valence-corrected chi connectivity index (χ0v) is 13.2. The van der Waals surface area contributed by atoms with E-state index in [4.69, 9.17) is 4.74 Å². The summed E-state index contributed by atoms with van der Waals surface area (Å²) in [6.07, 6.45) is 0.727. The highest BCUT2D eigenvalue weighted by Crippen LogP contribution is 2.15. The Morgan fingerprint density at radius 1 is 1.38 bits per heavy atom. The van der Waals surface area contributed by atoms with E-state index in [1.54, 1.807) is 6.07 Å². The van der Waals surface area contributed by atoms with Crippen LogP contribution in [0.15, 0.2) is 24.3 Å². The third-order valence-corrected chi connectivity index (χ3v) is 3.21. The van der Waals surface area contributed by atoms with Crippen molar-refractivity contribution in [2.45, 2.75) is 25.9 Å². The van der Waals surface area contributed by atoms with Crippen LogP contribution < -0.4 is 10.1 Å². The van der Waals surface area contributed by atoms with Crippen LogP contribution in [0.1, 0.15) is 29.5 Å². The number of hydrogen-bond acceptors (Lipinski definition) is 4. The number of aryl methyl sites for hydroxylation is 1. The molecule has 3 N–H and O–H groups in total. The molecule has 1 aromatic carbocycles. The number of halogens is 2. The van der Waals surface area contributed by atoms with Gasteiger partial charge in [-0.25, -0.2) is 8.78 Å². The lowest BCUT2D eigenvalue weighted by Crippen LogP contribution is -2.35. The van der Waals surface area contributed by atoms with E-state index in [-0.39, 0.29) is 24.6 Å². The van der Waals surface area contributed by atoms with Crippen molar-refractivity contribution >= 4 is 5.91 Å². The van der Waals surface area contributed by atoms with Crippen molar-refractivity contribution in [1.29, 1.82) is 0 Å². The van der Waals surface area contributed by atoms with Gasteiger partial charge < -0.3 is 15.2 Å². The average molecular weight is 339 g/mol. The summed E-state index contributed by atoms with van der Waals surface area (Å²) >= 11 is 0. The average Bonchev–Trinajstić information content (AvgIpc) is 3.03. The van der Waals surface area contributed by atoms with E-state index in [0.29, 0.717) is 0 Å². The Morgan fingerprint density at radius 3 is 2.88 bits per heavy atom. The molecule has 8 heteroatoms. The van der Waals surface area contributed by atoms with Crippen molar-refractivity contribution in [2.75, 3.05) is 13.2 Å². The molecule has 1 heterocycles. The molecule has 130 valence electrons. The Labute approximate surface area is 137 Å². The molecule has 0 aliphatic rings. The second-order valence-corrected chi connectivity index (χ2v) is 5.28. The lowest BCUT2D eigenvalue weighted by atomic mass is 10.2. The Balaban J connectivity index is 1.76. The fourth-order valence-electron chi connectivity index (χ4n) is 1.99. The minimum atomic E-state index is -1.03. The Kier molecular flexibility index (Phi) is 6.25. The lowest BCUT2D eigenvalue weighted by molar-refractivity contribution is 0.0839. The van der Waals surface area contributed by atoms with Crippen LogP contribution in [0, 0.1) is 11.6 Å². The van der Waals surface area contributed by atoms with Crippen LogP contribution in [-0.2, 0) is 6.42 Å². The number of aromatic amines is 1. The molecule has 2 rings (SSSR count). The van der Waals surface area contributed by atoms with E-state index in [1.165, 1.54) is 6.07 Å². The molecule has 1 aromatic heterocycles. The Hall–Kier alpha value is -2.48. The third kappa shape index (κ3) is 5.02. The molecular formula is C16H19F2N3O3. The van der Waals surface area contributed by atoms with Gasteiger partial charge in [0.15, 0.2) is 11.6 Å². The molecule has 24 heavy (non-hydrogen) atoms. The quantitative estimate of drug-likeness (QED) is 0.684. The summed E-state index contributed by atoms with van der Waals surface area (Å²) in [6.45, 7) is 1.79. The van der Waals surface area contributed by atoms with E-state index in [2.05, 4.69) is 15.5 Å². The number of amides is 1. The molecule has 0 fully saturated rings. The predicted octanol–water partition coefficient (Wildman–Crippen LogP) is 1.81. The van der Waals surface area contributed by atoms with Gasteiger partial charge in [-0.1, -0.05) is 13.3 Å². The number of nitrogens with one attached hydrogen (secondary N) is 2. The summed E-state index contributed by atoms with van der Waals surface area (Å²) in [6, 6.07) is 4.73. The number of carbonyl (C=O) groups excluding carboxylic acids is 1. The first-order chi connectivity index (χ1) is 11.5. The van der Waals surface area contributed by atoms with Crippen molar-refractivity contribution < 1.29 is 23.4 Å². The maximum Gasteiger partial charge on any atom is 0.271 e. The van der Waals surface area contributed by atoms with Crippen molar-refractivity contribution in [3.63, 3.8) is 0 Å². The van der Waals surface area contributed by atoms with Crippen LogP contribution in [0.4, 0.5) is 8.78 Å². The standard InChI is InChI=1S/C16H19F2N3O3/c1-2-3-10-6-15(21-20-10)16(23)19-8-11(22)9-24-12-4-5-13(17)14(18)7-12/h4-7,11,22H,2-3,8-9H2,1H3,(H,19,23)(H,20,21). The first-order valence-corrected chi connectivity index (χ1v) is 7.58. The van der Waals surface area contributed by atoms with Gasteiger partial charge in [-0.2, -0.15) is 5.10 Å². The van der Waals surface area contributed by atoms with Crippen molar-refractivity contribution in [3.05, 3.63) is 47.3 Å². The van der Waals surface area contributed by atoms with Crippen molar-refractivity contribution in [2.24, 2.45) is 0 Å². The third-order valence-electron chi connectivity index (χ3n) is 3.21. The minimum Gasteiger partial charge on any atom is -0.491 e. The van der Waals surface area contributed by atoms with Crippen LogP contribution in [0.3, 0.4) is 0 Å². The van der Waals surface area contributed by atoms with Gasteiger partial charge in [-0.05, 0) is 24.6 Å². The molecule has 6 nitrogen and oxygen atoms in total. The van der Waals surface area contributed by atoms with Crippen molar-refractivity contribution in [3.8, 4) is 5.75 Å². The van der Waals surface area contributed by atoms with Crippen LogP contribution in [0.2, 0.25) is 0 Å². The normalized spacial score (nSPS) is 12.0. The monoisotopic (exact) mass is 339 g/mol. The van der Waals surface area contributed by atoms with Gasteiger partial charge in [0.2, 0.25) is 0 Å². The van der Waals surface area contributed by atoms with Crippen LogP contribution in [0.5, 0.6) is 5.75 Å². The van der Waals surface area contributed by atoms with Gasteiger partial charge >= 0.3 is 0 Å². The number of aliphatic hydroxyl groups excluding tert-OH is 1. The molecule has 0 radical (unpaired) electrons. The molecule has 0 saturated carbocycles. The number of H-pyrrole nitrogens is 1. The van der Waals surface area contributed by atoms with Gasteiger partial charge in [-0.15, -0.1) is 0 Å².